The molecule has 4 aromatic rings. The van der Waals surface area contributed by atoms with E-state index in [4.69, 9.17) is 4.98 Å². The van der Waals surface area contributed by atoms with Gasteiger partial charge in [0.1, 0.15) is 5.82 Å². The molecular weight excluding hydrogens is 332 g/mol. The van der Waals surface area contributed by atoms with Crippen molar-refractivity contribution in [3.63, 3.8) is 0 Å². The van der Waals surface area contributed by atoms with Gasteiger partial charge >= 0.3 is 0 Å². The van der Waals surface area contributed by atoms with Crippen LogP contribution in [0, 0.1) is 0 Å². The Kier molecular flexibility index (Phi) is 3.24. The number of nitrogens with zero attached hydrogens (tertiary/aromatic N) is 5. The molecule has 7 heteroatoms. The Labute approximate surface area is 147 Å². The predicted molar refractivity (Wildman–Crippen MR) is 98.6 cm³/mol. The van der Waals surface area contributed by atoms with E-state index in [2.05, 4.69) is 25.5 Å². The van der Waals surface area contributed by atoms with Gasteiger partial charge in [0.05, 0.1) is 28.1 Å². The second-order valence-electron chi connectivity index (χ2n) is 5.65. The molecule has 0 fully saturated rings. The monoisotopic (exact) mass is 344 g/mol. The second kappa shape index (κ2) is 5.71. The number of rotatable bonds is 3. The van der Waals surface area contributed by atoms with E-state index in [1.807, 2.05) is 42.5 Å². The van der Waals surface area contributed by atoms with E-state index < -0.39 is 0 Å². The zero-order chi connectivity index (χ0) is 16.6. The van der Waals surface area contributed by atoms with Crippen molar-refractivity contribution in [2.45, 2.75) is 6.54 Å². The first-order valence-electron chi connectivity index (χ1n) is 7.80. The van der Waals surface area contributed by atoms with Crippen molar-refractivity contribution in [2.75, 3.05) is 5.32 Å². The Morgan fingerprint density at radius 3 is 2.92 bits per heavy atom. The zero-order valence-electron chi connectivity index (χ0n) is 13.0. The summed E-state index contributed by atoms with van der Waals surface area (Å²) in [5.41, 5.74) is 5.66. The zero-order valence-corrected chi connectivity index (χ0v) is 13.9. The van der Waals surface area contributed by atoms with Crippen LogP contribution in [0.3, 0.4) is 0 Å². The van der Waals surface area contributed by atoms with Crippen LogP contribution in [0.25, 0.3) is 21.6 Å². The lowest BCUT2D eigenvalue weighted by atomic mass is 10.1. The van der Waals surface area contributed by atoms with E-state index in [0.29, 0.717) is 12.4 Å². The molecule has 3 heterocycles. The minimum Gasteiger partial charge on any atom is -0.340 e. The molecule has 0 amide bonds. The molecule has 2 aromatic heterocycles. The van der Waals surface area contributed by atoms with Crippen LogP contribution in [0.15, 0.2) is 64.4 Å². The molecule has 1 aliphatic rings. The summed E-state index contributed by atoms with van der Waals surface area (Å²) in [5, 5.41) is 12.6. The van der Waals surface area contributed by atoms with Gasteiger partial charge in [-0.25, -0.2) is 9.97 Å². The van der Waals surface area contributed by atoms with Crippen LogP contribution in [-0.2, 0) is 6.54 Å². The van der Waals surface area contributed by atoms with Crippen molar-refractivity contribution in [3.8, 4) is 10.7 Å². The lowest BCUT2D eigenvalue weighted by molar-refractivity contribution is 1.04. The number of hydrogen-bond acceptors (Lipinski definition) is 7. The number of hydrogen-bond donors (Lipinski definition) is 1. The van der Waals surface area contributed by atoms with Gasteiger partial charge in [0.15, 0.2) is 5.82 Å². The van der Waals surface area contributed by atoms with Gasteiger partial charge in [-0.2, -0.15) is 10.2 Å². The highest BCUT2D eigenvalue weighted by Gasteiger charge is 2.12. The van der Waals surface area contributed by atoms with Crippen molar-refractivity contribution >= 4 is 39.4 Å². The molecule has 0 saturated heterocycles. The molecule has 1 N–H and O–H groups in total. The van der Waals surface area contributed by atoms with E-state index in [0.717, 1.165) is 38.5 Å². The number of azo groups is 1. The fraction of sp³-hybridized carbons (Fsp3) is 0.0556. The van der Waals surface area contributed by atoms with E-state index in [9.17, 15) is 0 Å². The van der Waals surface area contributed by atoms with E-state index in [1.54, 1.807) is 11.7 Å². The maximum atomic E-state index is 4.73. The van der Waals surface area contributed by atoms with Gasteiger partial charge < -0.3 is 5.32 Å². The van der Waals surface area contributed by atoms with Gasteiger partial charge in [-0.15, -0.1) is 11.3 Å². The van der Waals surface area contributed by atoms with Crippen molar-refractivity contribution in [1.29, 1.82) is 0 Å². The Balaban J connectivity index is 1.63. The molecule has 5 rings (SSSR count). The van der Waals surface area contributed by atoms with Crippen LogP contribution in [0.2, 0.25) is 0 Å². The second-order valence-corrected chi connectivity index (χ2v) is 6.53. The number of anilines is 2. The van der Waals surface area contributed by atoms with Crippen molar-refractivity contribution < 1.29 is 0 Å². The van der Waals surface area contributed by atoms with Gasteiger partial charge in [0, 0.05) is 22.8 Å². The third kappa shape index (κ3) is 2.54. The summed E-state index contributed by atoms with van der Waals surface area (Å²) >= 11 is 1.52. The van der Waals surface area contributed by atoms with E-state index in [1.165, 1.54) is 11.3 Å². The Morgan fingerprint density at radius 2 is 2.00 bits per heavy atom. The third-order valence-electron chi connectivity index (χ3n) is 4.02. The molecule has 1 aliphatic heterocycles. The minimum atomic E-state index is 0.654. The molecule has 0 spiro atoms. The largest absolute Gasteiger partial charge is 0.340 e. The molecule has 0 atom stereocenters. The van der Waals surface area contributed by atoms with Crippen LogP contribution < -0.4 is 5.32 Å². The normalized spacial score (nSPS) is 12.5. The third-order valence-corrected chi connectivity index (χ3v) is 4.79. The highest BCUT2D eigenvalue weighted by molar-refractivity contribution is 7.13. The van der Waals surface area contributed by atoms with Gasteiger partial charge in [-0.1, -0.05) is 18.2 Å². The van der Waals surface area contributed by atoms with Crippen LogP contribution in [-0.4, -0.2) is 15.0 Å². The quantitative estimate of drug-likeness (QED) is 0.561. The highest BCUT2D eigenvalue weighted by Crippen LogP contribution is 2.33. The number of thiazole rings is 1. The SMILES string of the molecule is c1ccc2c(Nc3ccc4c(c3)N=NC4)nc(-c3cncs3)nc2c1. The van der Waals surface area contributed by atoms with Gasteiger partial charge in [0.2, 0.25) is 0 Å². The summed E-state index contributed by atoms with van der Waals surface area (Å²) in [4.78, 5) is 14.5. The van der Waals surface area contributed by atoms with Gasteiger partial charge in [-0.05, 0) is 24.3 Å². The number of nitrogens with one attached hydrogen (secondary N) is 1. The van der Waals surface area contributed by atoms with Crippen molar-refractivity contribution in [2.24, 2.45) is 10.2 Å². The average molecular weight is 344 g/mol. The Bertz CT molecular complexity index is 1100. The van der Waals surface area contributed by atoms with Crippen LogP contribution in [0.4, 0.5) is 17.2 Å². The van der Waals surface area contributed by atoms with Crippen LogP contribution >= 0.6 is 11.3 Å². The topological polar surface area (TPSA) is 75.4 Å². The Morgan fingerprint density at radius 1 is 1.04 bits per heavy atom. The molecule has 2 aromatic carbocycles. The van der Waals surface area contributed by atoms with E-state index in [-0.39, 0.29) is 0 Å². The first-order valence-corrected chi connectivity index (χ1v) is 8.68. The smallest absolute Gasteiger partial charge is 0.173 e. The lowest BCUT2D eigenvalue weighted by Gasteiger charge is -2.11. The Hall–Kier alpha value is -3.19. The number of aromatic nitrogens is 3. The molecule has 0 saturated carbocycles. The summed E-state index contributed by atoms with van der Waals surface area (Å²) in [5.74, 6) is 1.44. The average Bonchev–Trinajstić information content (AvgIpc) is 3.33. The highest BCUT2D eigenvalue weighted by atomic mass is 32.1. The first-order chi connectivity index (χ1) is 12.4. The summed E-state index contributed by atoms with van der Waals surface area (Å²) < 4.78 is 0. The first kappa shape index (κ1) is 14.2. The van der Waals surface area contributed by atoms with Crippen molar-refractivity contribution in [1.82, 2.24) is 15.0 Å². The van der Waals surface area contributed by atoms with Gasteiger partial charge in [-0.3, -0.25) is 4.98 Å². The molecular formula is C18H12N6S. The molecule has 120 valence electrons. The molecule has 0 bridgehead atoms. The molecule has 0 unspecified atom stereocenters. The molecule has 0 radical (unpaired) electrons. The predicted octanol–water partition coefficient (Wildman–Crippen LogP) is 5.09. The maximum Gasteiger partial charge on any atom is 0.173 e. The van der Waals surface area contributed by atoms with E-state index >= 15 is 0 Å². The fourth-order valence-corrected chi connectivity index (χ4v) is 3.35. The summed E-state index contributed by atoms with van der Waals surface area (Å²) in [6.07, 6.45) is 1.79. The minimum absolute atomic E-state index is 0.654. The van der Waals surface area contributed by atoms with Crippen molar-refractivity contribution in [3.05, 3.63) is 59.7 Å². The van der Waals surface area contributed by atoms with Crippen LogP contribution in [0.1, 0.15) is 5.56 Å². The molecule has 0 aliphatic carbocycles. The summed E-state index contributed by atoms with van der Waals surface area (Å²) in [7, 11) is 0. The molecule has 6 nitrogen and oxygen atoms in total. The maximum absolute atomic E-state index is 4.73. The summed E-state index contributed by atoms with van der Waals surface area (Å²) in [6.45, 7) is 0.654. The lowest BCUT2D eigenvalue weighted by Crippen LogP contribution is -1.99. The van der Waals surface area contributed by atoms with Crippen LogP contribution in [0.5, 0.6) is 0 Å². The fourth-order valence-electron chi connectivity index (χ4n) is 2.80. The summed E-state index contributed by atoms with van der Waals surface area (Å²) in [6, 6.07) is 14.0. The molecule has 25 heavy (non-hydrogen) atoms. The number of benzene rings is 2. The van der Waals surface area contributed by atoms with Gasteiger partial charge in [0.25, 0.3) is 0 Å². The number of para-hydroxylation sites is 1. The number of fused-ring (bicyclic) bond motifs is 2. The standard InChI is InChI=1S/C18H12N6S/c1-2-4-14-13(3-1)17(23-18(22-14)16-9-19-10-25-16)21-12-6-5-11-8-20-24-15(11)7-12/h1-7,9-10H,8H2,(H,21,22,23).